The lowest BCUT2D eigenvalue weighted by molar-refractivity contribution is 0.247. The molecule has 2 N–H and O–H groups in total. The highest BCUT2D eigenvalue weighted by atomic mass is 32.1. The first-order valence-electron chi connectivity index (χ1n) is 10.2. The highest BCUT2D eigenvalue weighted by molar-refractivity contribution is 7.80. The molecule has 1 fully saturated rings. The van der Waals surface area contributed by atoms with Gasteiger partial charge < -0.3 is 19.9 Å². The molecule has 0 spiro atoms. The molecule has 0 amide bonds. The van der Waals surface area contributed by atoms with Crippen LogP contribution in [0.15, 0.2) is 55.0 Å². The Bertz CT molecular complexity index is 1010. The monoisotopic (exact) mass is 421 g/mol. The number of rotatable bonds is 7. The summed E-state index contributed by atoms with van der Waals surface area (Å²) in [4.78, 5) is 11.0. The molecule has 2 atom stereocenters. The van der Waals surface area contributed by atoms with Gasteiger partial charge in [0.1, 0.15) is 0 Å². The summed E-state index contributed by atoms with van der Waals surface area (Å²) < 4.78 is 2.33. The van der Waals surface area contributed by atoms with Crippen molar-refractivity contribution in [3.63, 3.8) is 0 Å². The standard InChI is InChI=1S/C23H27N5OS/c1-16-13-19(17(2)28(16)15-18-7-5-9-24-14-18)22-21(20-8-3-4-10-25-20)26-23(30)27(22)11-6-12-29/h3-5,7-10,13-14,21-22,29H,6,11-12,15H2,1-2H3,(H,26,30)/t21-,22-/m1/s1. The van der Waals surface area contributed by atoms with Crippen LogP contribution in [0.1, 0.15) is 46.7 Å². The Kier molecular flexibility index (Phi) is 6.11. The van der Waals surface area contributed by atoms with Crippen LogP contribution in [0.3, 0.4) is 0 Å². The second-order valence-corrected chi connectivity index (χ2v) is 8.06. The van der Waals surface area contributed by atoms with Crippen molar-refractivity contribution in [1.82, 2.24) is 24.8 Å². The predicted octanol–water partition coefficient (Wildman–Crippen LogP) is 3.30. The van der Waals surface area contributed by atoms with Crippen LogP contribution in [0.2, 0.25) is 0 Å². The van der Waals surface area contributed by atoms with Crippen molar-refractivity contribution in [3.05, 3.63) is 83.2 Å². The summed E-state index contributed by atoms with van der Waals surface area (Å²) >= 11 is 5.69. The SMILES string of the molecule is Cc1cc([C@@H]2[C@@H](c3ccccn3)NC(=S)N2CCCO)c(C)n1Cc1cccnc1. The number of nitrogens with one attached hydrogen (secondary N) is 1. The summed E-state index contributed by atoms with van der Waals surface area (Å²) in [5.41, 5.74) is 5.78. The number of aromatic nitrogens is 3. The van der Waals surface area contributed by atoms with Gasteiger partial charge in [-0.15, -0.1) is 0 Å². The van der Waals surface area contributed by atoms with Gasteiger partial charge in [-0.3, -0.25) is 9.97 Å². The van der Waals surface area contributed by atoms with E-state index in [1.165, 1.54) is 22.5 Å². The summed E-state index contributed by atoms with van der Waals surface area (Å²) in [5.74, 6) is 0. The molecule has 30 heavy (non-hydrogen) atoms. The molecule has 4 rings (SSSR count). The number of aliphatic hydroxyl groups is 1. The molecule has 0 saturated carbocycles. The molecule has 4 heterocycles. The third-order valence-electron chi connectivity index (χ3n) is 5.75. The van der Waals surface area contributed by atoms with Crippen LogP contribution in [0.25, 0.3) is 0 Å². The van der Waals surface area contributed by atoms with Gasteiger partial charge in [0, 0.05) is 49.7 Å². The zero-order valence-corrected chi connectivity index (χ0v) is 18.1. The fourth-order valence-corrected chi connectivity index (χ4v) is 4.60. The van der Waals surface area contributed by atoms with Gasteiger partial charge in [0.25, 0.3) is 0 Å². The maximum absolute atomic E-state index is 9.41. The highest BCUT2D eigenvalue weighted by Crippen LogP contribution is 2.40. The molecule has 3 aromatic rings. The second kappa shape index (κ2) is 8.93. The van der Waals surface area contributed by atoms with Crippen LogP contribution in [0, 0.1) is 13.8 Å². The lowest BCUT2D eigenvalue weighted by Crippen LogP contribution is -2.31. The van der Waals surface area contributed by atoms with Crippen molar-refractivity contribution < 1.29 is 5.11 Å². The maximum atomic E-state index is 9.41. The van der Waals surface area contributed by atoms with Crippen molar-refractivity contribution in [2.45, 2.75) is 38.9 Å². The van der Waals surface area contributed by atoms with Crippen molar-refractivity contribution in [1.29, 1.82) is 0 Å². The van der Waals surface area contributed by atoms with Gasteiger partial charge in [-0.1, -0.05) is 12.1 Å². The minimum Gasteiger partial charge on any atom is -0.396 e. The average molecular weight is 422 g/mol. The van der Waals surface area contributed by atoms with Crippen molar-refractivity contribution >= 4 is 17.3 Å². The molecule has 1 saturated heterocycles. The van der Waals surface area contributed by atoms with E-state index >= 15 is 0 Å². The van der Waals surface area contributed by atoms with Gasteiger partial charge in [0.05, 0.1) is 17.8 Å². The van der Waals surface area contributed by atoms with Crippen molar-refractivity contribution in [2.24, 2.45) is 0 Å². The van der Waals surface area contributed by atoms with Gasteiger partial charge in [-0.2, -0.15) is 0 Å². The second-order valence-electron chi connectivity index (χ2n) is 7.67. The fraction of sp³-hybridized carbons (Fsp3) is 0.348. The first-order valence-corrected chi connectivity index (χ1v) is 10.7. The first-order chi connectivity index (χ1) is 14.6. The number of pyridine rings is 2. The first kappa shape index (κ1) is 20.5. The van der Waals surface area contributed by atoms with E-state index in [4.69, 9.17) is 12.2 Å². The zero-order valence-electron chi connectivity index (χ0n) is 17.3. The maximum Gasteiger partial charge on any atom is 0.170 e. The summed E-state index contributed by atoms with van der Waals surface area (Å²) in [7, 11) is 0. The van der Waals surface area contributed by atoms with Crippen LogP contribution in [0.4, 0.5) is 0 Å². The Labute approximate surface area is 182 Å². The molecule has 0 aromatic carbocycles. The topological polar surface area (TPSA) is 66.2 Å². The summed E-state index contributed by atoms with van der Waals surface area (Å²) in [5, 5.41) is 13.6. The highest BCUT2D eigenvalue weighted by Gasteiger charge is 2.40. The van der Waals surface area contributed by atoms with Crippen LogP contribution in [0.5, 0.6) is 0 Å². The largest absolute Gasteiger partial charge is 0.396 e. The lowest BCUT2D eigenvalue weighted by Gasteiger charge is -2.28. The minimum atomic E-state index is -0.0373. The van der Waals surface area contributed by atoms with E-state index in [0.717, 1.165) is 12.2 Å². The van der Waals surface area contributed by atoms with Crippen molar-refractivity contribution in [2.75, 3.05) is 13.2 Å². The molecule has 1 aliphatic heterocycles. The van der Waals surface area contributed by atoms with Gasteiger partial charge >= 0.3 is 0 Å². The predicted molar refractivity (Wildman–Crippen MR) is 121 cm³/mol. The van der Waals surface area contributed by atoms with Crippen LogP contribution < -0.4 is 5.32 Å². The third-order valence-corrected chi connectivity index (χ3v) is 6.10. The van der Waals surface area contributed by atoms with Crippen LogP contribution in [-0.2, 0) is 6.54 Å². The number of hydrogen-bond acceptors (Lipinski definition) is 4. The van der Waals surface area contributed by atoms with Crippen molar-refractivity contribution in [3.8, 4) is 0 Å². The van der Waals surface area contributed by atoms with E-state index in [9.17, 15) is 5.11 Å². The molecule has 0 unspecified atom stereocenters. The minimum absolute atomic E-state index is 0.0211. The smallest absolute Gasteiger partial charge is 0.170 e. The van der Waals surface area contributed by atoms with E-state index in [2.05, 4.69) is 50.7 Å². The fourth-order valence-electron chi connectivity index (χ4n) is 4.27. The van der Waals surface area contributed by atoms with E-state index in [1.807, 2.05) is 36.7 Å². The third kappa shape index (κ3) is 3.95. The van der Waals surface area contributed by atoms with Crippen LogP contribution >= 0.6 is 12.2 Å². The lowest BCUT2D eigenvalue weighted by atomic mass is 9.96. The summed E-state index contributed by atoms with van der Waals surface area (Å²) in [6.07, 6.45) is 6.20. The Hall–Kier alpha value is -2.77. The Balaban J connectivity index is 1.74. The van der Waals surface area contributed by atoms with Gasteiger partial charge in [-0.05, 0) is 67.9 Å². The van der Waals surface area contributed by atoms with E-state index in [-0.39, 0.29) is 18.7 Å². The van der Waals surface area contributed by atoms with Gasteiger partial charge in [0.15, 0.2) is 5.11 Å². The Morgan fingerprint density at radius 2 is 2.03 bits per heavy atom. The van der Waals surface area contributed by atoms with E-state index in [1.54, 1.807) is 6.20 Å². The molecule has 156 valence electrons. The molecule has 3 aromatic heterocycles. The molecule has 0 radical (unpaired) electrons. The normalized spacial score (nSPS) is 18.6. The van der Waals surface area contributed by atoms with E-state index in [0.29, 0.717) is 18.1 Å². The van der Waals surface area contributed by atoms with Crippen LogP contribution in [-0.4, -0.2) is 42.8 Å². The molecular formula is C23H27N5OS. The molecule has 1 aliphatic rings. The number of nitrogens with zero attached hydrogens (tertiary/aromatic N) is 4. The number of thiocarbonyl (C=S) groups is 1. The average Bonchev–Trinajstić information content (AvgIpc) is 3.24. The Morgan fingerprint density at radius 3 is 2.73 bits per heavy atom. The molecular weight excluding hydrogens is 394 g/mol. The summed E-state index contributed by atoms with van der Waals surface area (Å²) in [6.45, 7) is 5.92. The quantitative estimate of drug-likeness (QED) is 0.571. The summed E-state index contributed by atoms with van der Waals surface area (Å²) in [6, 6.07) is 12.3. The van der Waals surface area contributed by atoms with Gasteiger partial charge in [-0.25, -0.2) is 0 Å². The zero-order chi connectivity index (χ0) is 21.1. The molecule has 7 heteroatoms. The number of aryl methyl sites for hydroxylation is 1. The molecule has 0 aliphatic carbocycles. The molecule has 6 nitrogen and oxygen atoms in total. The number of aliphatic hydroxyl groups excluding tert-OH is 1. The Morgan fingerprint density at radius 1 is 1.17 bits per heavy atom. The van der Waals surface area contributed by atoms with E-state index < -0.39 is 0 Å². The van der Waals surface area contributed by atoms with Gasteiger partial charge in [0.2, 0.25) is 0 Å². The number of hydrogen-bond donors (Lipinski definition) is 2. The molecule has 0 bridgehead atoms.